The van der Waals surface area contributed by atoms with Gasteiger partial charge in [0.05, 0.1) is 19.1 Å². The number of benzene rings is 1. The molecule has 3 fully saturated rings. The van der Waals surface area contributed by atoms with E-state index in [1.807, 2.05) is 29.2 Å². The summed E-state index contributed by atoms with van der Waals surface area (Å²) in [7, 11) is 0. The van der Waals surface area contributed by atoms with Crippen molar-refractivity contribution in [3.63, 3.8) is 0 Å². The molecule has 1 aliphatic heterocycles. The van der Waals surface area contributed by atoms with Gasteiger partial charge in [-0.3, -0.25) is 4.79 Å². The first-order valence-corrected chi connectivity index (χ1v) is 8.93. The summed E-state index contributed by atoms with van der Waals surface area (Å²) < 4.78 is 5.87. The zero-order valence-electron chi connectivity index (χ0n) is 13.6. The second kappa shape index (κ2) is 7.20. The number of hydrogen-bond acceptors (Lipinski definition) is 3. The summed E-state index contributed by atoms with van der Waals surface area (Å²) in [4.78, 5) is 15.0. The van der Waals surface area contributed by atoms with Crippen molar-refractivity contribution in [2.75, 3.05) is 19.7 Å². The fourth-order valence-electron chi connectivity index (χ4n) is 4.69. The van der Waals surface area contributed by atoms with Crippen molar-refractivity contribution in [1.82, 2.24) is 4.90 Å². The topological polar surface area (TPSA) is 55.6 Å². The highest BCUT2D eigenvalue weighted by Gasteiger charge is 2.50. The first-order chi connectivity index (χ1) is 11.1. The maximum absolute atomic E-state index is 13.0. The molecule has 1 aromatic rings. The molecule has 132 valence electrons. The van der Waals surface area contributed by atoms with Gasteiger partial charge < -0.3 is 15.4 Å². The van der Waals surface area contributed by atoms with Gasteiger partial charge in [0.15, 0.2) is 0 Å². The lowest BCUT2D eigenvalue weighted by atomic mass is 9.84. The van der Waals surface area contributed by atoms with Crippen LogP contribution in [0.3, 0.4) is 0 Å². The molecule has 0 spiro atoms. The van der Waals surface area contributed by atoms with Crippen LogP contribution in [0.4, 0.5) is 0 Å². The van der Waals surface area contributed by atoms with Gasteiger partial charge in [-0.05, 0) is 37.2 Å². The van der Waals surface area contributed by atoms with E-state index in [1.165, 1.54) is 6.42 Å². The zero-order chi connectivity index (χ0) is 16.0. The van der Waals surface area contributed by atoms with Crippen molar-refractivity contribution in [3.8, 4) is 0 Å². The summed E-state index contributed by atoms with van der Waals surface area (Å²) in [5.74, 6) is 1.28. The van der Waals surface area contributed by atoms with Crippen LogP contribution in [0.15, 0.2) is 24.3 Å². The van der Waals surface area contributed by atoms with Gasteiger partial charge in [0.2, 0.25) is 5.91 Å². The number of rotatable bonds is 2. The van der Waals surface area contributed by atoms with Gasteiger partial charge in [-0.25, -0.2) is 0 Å². The molecule has 2 aliphatic carbocycles. The van der Waals surface area contributed by atoms with E-state index in [-0.39, 0.29) is 36.4 Å². The number of carbonyl (C=O) groups is 1. The van der Waals surface area contributed by atoms with Crippen LogP contribution >= 0.6 is 24.0 Å². The van der Waals surface area contributed by atoms with Gasteiger partial charge in [-0.2, -0.15) is 0 Å². The van der Waals surface area contributed by atoms with Crippen molar-refractivity contribution in [1.29, 1.82) is 0 Å². The minimum Gasteiger partial charge on any atom is -0.370 e. The Morgan fingerprint density at radius 3 is 2.71 bits per heavy atom. The van der Waals surface area contributed by atoms with Crippen LogP contribution in [-0.2, 0) is 9.53 Å². The number of halogens is 2. The molecule has 2 N–H and O–H groups in total. The Morgan fingerprint density at radius 2 is 2.00 bits per heavy atom. The van der Waals surface area contributed by atoms with Gasteiger partial charge in [-0.15, -0.1) is 12.4 Å². The van der Waals surface area contributed by atoms with Crippen molar-refractivity contribution >= 4 is 29.9 Å². The van der Waals surface area contributed by atoms with E-state index >= 15 is 0 Å². The van der Waals surface area contributed by atoms with Gasteiger partial charge in [0, 0.05) is 23.2 Å². The predicted molar refractivity (Wildman–Crippen MR) is 96.3 cm³/mol. The zero-order valence-corrected chi connectivity index (χ0v) is 15.1. The largest absolute Gasteiger partial charge is 0.370 e. The summed E-state index contributed by atoms with van der Waals surface area (Å²) in [5, 5.41) is 0.698. The third-order valence-corrected chi connectivity index (χ3v) is 6.24. The number of hydrogen-bond donors (Lipinski definition) is 1. The molecule has 1 heterocycles. The molecule has 3 aliphatic rings. The average Bonchev–Trinajstić information content (AvgIpc) is 3.16. The number of carbonyl (C=O) groups excluding carboxylic acids is 1. The van der Waals surface area contributed by atoms with Crippen LogP contribution in [0.25, 0.3) is 0 Å². The molecule has 5 atom stereocenters. The monoisotopic (exact) mass is 370 g/mol. The highest BCUT2D eigenvalue weighted by atomic mass is 35.5. The summed E-state index contributed by atoms with van der Waals surface area (Å²) in [5.41, 5.74) is 7.30. The Morgan fingerprint density at radius 1 is 1.25 bits per heavy atom. The van der Waals surface area contributed by atoms with E-state index in [0.717, 1.165) is 18.4 Å². The van der Waals surface area contributed by atoms with Crippen LogP contribution in [0.2, 0.25) is 5.02 Å². The number of amides is 1. The van der Waals surface area contributed by atoms with Crippen LogP contribution in [0.5, 0.6) is 0 Å². The molecular formula is C18H24Cl2N2O2. The summed E-state index contributed by atoms with van der Waals surface area (Å²) in [6.07, 6.45) is 3.35. The molecule has 0 radical (unpaired) electrons. The molecule has 2 bridgehead atoms. The highest BCUT2D eigenvalue weighted by molar-refractivity contribution is 6.31. The average molecular weight is 371 g/mol. The maximum atomic E-state index is 13.0. The minimum absolute atomic E-state index is 0. The van der Waals surface area contributed by atoms with E-state index in [0.29, 0.717) is 36.6 Å². The van der Waals surface area contributed by atoms with Gasteiger partial charge in [0.1, 0.15) is 6.10 Å². The third kappa shape index (κ3) is 3.05. The lowest BCUT2D eigenvalue weighted by molar-refractivity contribution is -0.145. The number of fused-ring (bicyclic) bond motifs is 2. The molecule has 24 heavy (non-hydrogen) atoms. The van der Waals surface area contributed by atoms with Gasteiger partial charge >= 0.3 is 0 Å². The third-order valence-electron chi connectivity index (χ3n) is 5.90. The van der Waals surface area contributed by atoms with E-state index in [1.54, 1.807) is 0 Å². The Kier molecular flexibility index (Phi) is 5.40. The van der Waals surface area contributed by atoms with Crippen LogP contribution in [0, 0.1) is 17.8 Å². The predicted octanol–water partition coefficient (Wildman–Crippen LogP) is 3.04. The lowest BCUT2D eigenvalue weighted by Gasteiger charge is -2.37. The molecule has 6 heteroatoms. The molecule has 1 saturated heterocycles. The van der Waals surface area contributed by atoms with E-state index < -0.39 is 0 Å². The van der Waals surface area contributed by atoms with Crippen molar-refractivity contribution in [3.05, 3.63) is 34.9 Å². The summed E-state index contributed by atoms with van der Waals surface area (Å²) >= 11 is 6.28. The summed E-state index contributed by atoms with van der Waals surface area (Å²) in [6.45, 7) is 1.78. The van der Waals surface area contributed by atoms with Gasteiger partial charge in [0.25, 0.3) is 0 Å². The number of nitrogens with two attached hydrogens (primary N) is 1. The molecule has 4 nitrogen and oxygen atoms in total. The second-order valence-corrected chi connectivity index (χ2v) is 7.51. The minimum atomic E-state index is -0.142. The Balaban J connectivity index is 0.00000169. The fraction of sp³-hybridized carbons (Fsp3) is 0.611. The van der Waals surface area contributed by atoms with Crippen molar-refractivity contribution in [2.24, 2.45) is 23.5 Å². The Bertz CT molecular complexity index is 610. The van der Waals surface area contributed by atoms with Gasteiger partial charge in [-0.1, -0.05) is 29.8 Å². The Labute approximate surface area is 154 Å². The van der Waals surface area contributed by atoms with E-state index in [2.05, 4.69) is 0 Å². The molecule has 1 amide bonds. The highest BCUT2D eigenvalue weighted by Crippen LogP contribution is 2.48. The van der Waals surface area contributed by atoms with E-state index in [9.17, 15) is 4.79 Å². The maximum Gasteiger partial charge on any atom is 0.227 e. The Hall–Kier alpha value is -0.810. The SMILES string of the molecule is Cl.NC1C2CCC(C2)C1C(=O)N1CCOC(c2ccccc2Cl)C1. The quantitative estimate of drug-likeness (QED) is 0.870. The first kappa shape index (κ1) is 18.0. The number of morpholine rings is 1. The van der Waals surface area contributed by atoms with Crippen LogP contribution in [-0.4, -0.2) is 36.5 Å². The number of ether oxygens (including phenoxy) is 1. The molecule has 1 aromatic carbocycles. The smallest absolute Gasteiger partial charge is 0.227 e. The lowest BCUT2D eigenvalue weighted by Crippen LogP contribution is -2.50. The van der Waals surface area contributed by atoms with Crippen molar-refractivity contribution < 1.29 is 9.53 Å². The second-order valence-electron chi connectivity index (χ2n) is 7.10. The van der Waals surface area contributed by atoms with E-state index in [4.69, 9.17) is 22.1 Å². The van der Waals surface area contributed by atoms with Crippen LogP contribution < -0.4 is 5.73 Å². The first-order valence-electron chi connectivity index (χ1n) is 8.55. The molecular weight excluding hydrogens is 347 g/mol. The molecule has 0 aromatic heterocycles. The molecule has 5 unspecified atom stereocenters. The molecule has 4 rings (SSSR count). The normalized spacial score (nSPS) is 34.9. The van der Waals surface area contributed by atoms with Crippen molar-refractivity contribution in [2.45, 2.75) is 31.4 Å². The standard InChI is InChI=1S/C18H23ClN2O2.ClH/c19-14-4-2-1-3-13(14)15-10-21(7-8-23-15)18(22)16-11-5-6-12(9-11)17(16)20;/h1-4,11-12,15-17H,5-10,20H2;1H. The van der Waals surface area contributed by atoms with Crippen LogP contribution in [0.1, 0.15) is 30.9 Å². The fourth-order valence-corrected chi connectivity index (χ4v) is 4.94. The molecule has 2 saturated carbocycles. The summed E-state index contributed by atoms with van der Waals surface area (Å²) in [6, 6.07) is 7.75. The number of nitrogens with zero attached hydrogens (tertiary/aromatic N) is 1.